The minimum Gasteiger partial charge on any atom is -0.416 e. The Morgan fingerprint density at radius 1 is 0.600 bits per heavy atom. The van der Waals surface area contributed by atoms with Gasteiger partial charge in [-0.3, -0.25) is 0 Å². The van der Waals surface area contributed by atoms with Crippen molar-refractivity contribution in [2.24, 2.45) is 0 Å². The molecule has 0 aromatic heterocycles. The van der Waals surface area contributed by atoms with Crippen LogP contribution < -0.4 is 5.19 Å². The molecule has 5 rings (SSSR count). The predicted octanol–water partition coefficient (Wildman–Crippen LogP) is 5.80. The van der Waals surface area contributed by atoms with Gasteiger partial charge in [-0.1, -0.05) is 66.7 Å². The molecule has 5 aromatic rings. The molecule has 25 heavy (non-hydrogen) atoms. The second-order valence-electron chi connectivity index (χ2n) is 7.32. The summed E-state index contributed by atoms with van der Waals surface area (Å²) in [5.74, 6) is 0. The van der Waals surface area contributed by atoms with E-state index >= 15 is 0 Å². The third-order valence-corrected chi connectivity index (χ3v) is 8.40. The first-order valence-electron chi connectivity index (χ1n) is 8.76. The van der Waals surface area contributed by atoms with Gasteiger partial charge in [0, 0.05) is 7.11 Å². The quantitative estimate of drug-likeness (QED) is 0.224. The molecule has 0 saturated carbocycles. The highest BCUT2D eigenvalue weighted by molar-refractivity contribution is 6.86. The van der Waals surface area contributed by atoms with E-state index in [1.807, 2.05) is 7.11 Å². The highest BCUT2D eigenvalue weighted by Crippen LogP contribution is 2.39. The number of benzene rings is 5. The molecule has 2 heteroatoms. The summed E-state index contributed by atoms with van der Waals surface area (Å²) in [6.45, 7) is 4.57. The Balaban J connectivity index is 2.19. The summed E-state index contributed by atoms with van der Waals surface area (Å²) in [5, 5.41) is 12.2. The van der Waals surface area contributed by atoms with E-state index in [1.165, 1.54) is 48.3 Å². The second kappa shape index (κ2) is 5.04. The van der Waals surface area contributed by atoms with Gasteiger partial charge in [-0.05, 0) is 61.4 Å². The van der Waals surface area contributed by atoms with Gasteiger partial charge in [0.05, 0.1) is 0 Å². The van der Waals surface area contributed by atoms with E-state index in [-0.39, 0.29) is 0 Å². The van der Waals surface area contributed by atoms with Crippen molar-refractivity contribution in [2.45, 2.75) is 13.1 Å². The molecule has 0 spiro atoms. The molecule has 0 aliphatic carbocycles. The van der Waals surface area contributed by atoms with Crippen molar-refractivity contribution in [3.8, 4) is 0 Å². The van der Waals surface area contributed by atoms with Gasteiger partial charge in [0.2, 0.25) is 8.32 Å². The molecule has 1 nitrogen and oxygen atoms in total. The Labute approximate surface area is 148 Å². The van der Waals surface area contributed by atoms with Crippen LogP contribution in [0.5, 0.6) is 0 Å². The number of rotatable bonds is 2. The molecule has 0 N–H and O–H groups in total. The fraction of sp³-hybridized carbons (Fsp3) is 0.130. The van der Waals surface area contributed by atoms with E-state index < -0.39 is 8.32 Å². The van der Waals surface area contributed by atoms with E-state index in [2.05, 4.69) is 79.8 Å². The smallest absolute Gasteiger partial charge is 0.218 e. The van der Waals surface area contributed by atoms with Crippen LogP contribution in [0.25, 0.3) is 43.1 Å². The van der Waals surface area contributed by atoms with Crippen molar-refractivity contribution in [3.63, 3.8) is 0 Å². The Morgan fingerprint density at radius 2 is 1.16 bits per heavy atom. The molecule has 0 amide bonds. The predicted molar refractivity (Wildman–Crippen MR) is 112 cm³/mol. The van der Waals surface area contributed by atoms with Gasteiger partial charge in [0.15, 0.2) is 0 Å². The highest BCUT2D eigenvalue weighted by atomic mass is 28.4. The van der Waals surface area contributed by atoms with Crippen LogP contribution in [-0.4, -0.2) is 15.4 Å². The molecular formula is C23H20OSi. The Morgan fingerprint density at radius 3 is 1.80 bits per heavy atom. The number of fused-ring (bicyclic) bond motifs is 2. The van der Waals surface area contributed by atoms with Crippen molar-refractivity contribution in [3.05, 3.63) is 66.7 Å². The van der Waals surface area contributed by atoms with Gasteiger partial charge in [-0.15, -0.1) is 0 Å². The van der Waals surface area contributed by atoms with E-state index in [9.17, 15) is 0 Å². The first-order chi connectivity index (χ1) is 12.1. The Bertz CT molecular complexity index is 1250. The van der Waals surface area contributed by atoms with Crippen molar-refractivity contribution in [2.75, 3.05) is 7.11 Å². The van der Waals surface area contributed by atoms with Gasteiger partial charge in [0.25, 0.3) is 0 Å². The summed E-state index contributed by atoms with van der Waals surface area (Å²) < 4.78 is 6.00. The molecular weight excluding hydrogens is 320 g/mol. The fourth-order valence-corrected chi connectivity index (χ4v) is 5.84. The zero-order valence-electron chi connectivity index (χ0n) is 14.8. The minimum atomic E-state index is -1.96. The van der Waals surface area contributed by atoms with Crippen molar-refractivity contribution >= 4 is 56.6 Å². The molecule has 0 unspecified atom stereocenters. The average Bonchev–Trinajstić information content (AvgIpc) is 2.65. The van der Waals surface area contributed by atoms with Gasteiger partial charge >= 0.3 is 0 Å². The molecule has 0 radical (unpaired) electrons. The lowest BCUT2D eigenvalue weighted by atomic mass is 9.90. The first-order valence-corrected chi connectivity index (χ1v) is 11.7. The molecule has 0 atom stereocenters. The van der Waals surface area contributed by atoms with Crippen LogP contribution in [0.4, 0.5) is 0 Å². The van der Waals surface area contributed by atoms with E-state index in [0.717, 1.165) is 0 Å². The molecule has 0 fully saturated rings. The van der Waals surface area contributed by atoms with Crippen molar-refractivity contribution in [1.29, 1.82) is 0 Å². The van der Waals surface area contributed by atoms with Gasteiger partial charge in [0.1, 0.15) is 0 Å². The molecule has 0 aliphatic rings. The topological polar surface area (TPSA) is 9.23 Å². The lowest BCUT2D eigenvalue weighted by molar-refractivity contribution is 0.416. The third-order valence-electron chi connectivity index (χ3n) is 5.67. The van der Waals surface area contributed by atoms with Crippen LogP contribution in [0.15, 0.2) is 66.7 Å². The largest absolute Gasteiger partial charge is 0.416 e. The zero-order valence-corrected chi connectivity index (χ0v) is 15.8. The number of hydrogen-bond acceptors (Lipinski definition) is 1. The van der Waals surface area contributed by atoms with Crippen LogP contribution in [0.1, 0.15) is 0 Å². The summed E-state index contributed by atoms with van der Waals surface area (Å²) in [4.78, 5) is 0. The maximum Gasteiger partial charge on any atom is 0.218 e. The third kappa shape index (κ3) is 1.92. The van der Waals surface area contributed by atoms with Gasteiger partial charge < -0.3 is 4.43 Å². The van der Waals surface area contributed by atoms with E-state index in [0.29, 0.717) is 0 Å². The summed E-state index contributed by atoms with van der Waals surface area (Å²) in [7, 11) is -0.109. The van der Waals surface area contributed by atoms with Crippen LogP contribution in [0, 0.1) is 0 Å². The standard InChI is InChI=1S/C23H20OSi/c1-24-25(2,3)20-14-13-16-9-5-11-18-17-10-4-7-15-8-6-12-19(21(15)17)23(20)22(16)18/h4-14H,1-3H3. The second-order valence-corrected chi connectivity index (χ2v) is 11.3. The molecule has 0 heterocycles. The Kier molecular flexibility index (Phi) is 3.00. The molecule has 122 valence electrons. The normalized spacial score (nSPS) is 12.8. The lowest BCUT2D eigenvalue weighted by Crippen LogP contribution is -2.44. The molecule has 5 aromatic carbocycles. The van der Waals surface area contributed by atoms with E-state index in [4.69, 9.17) is 4.43 Å². The summed E-state index contributed by atoms with van der Waals surface area (Å²) in [6.07, 6.45) is 0. The van der Waals surface area contributed by atoms with Crippen LogP contribution >= 0.6 is 0 Å². The summed E-state index contributed by atoms with van der Waals surface area (Å²) in [5.41, 5.74) is 0. The SMILES string of the molecule is CO[Si](C)(C)c1ccc2cccc3c4cccc5cccc(c1c23)c54. The van der Waals surface area contributed by atoms with Gasteiger partial charge in [-0.25, -0.2) is 0 Å². The van der Waals surface area contributed by atoms with Crippen LogP contribution in [0.3, 0.4) is 0 Å². The molecule has 0 bridgehead atoms. The summed E-state index contributed by atoms with van der Waals surface area (Å²) >= 11 is 0. The average molecular weight is 340 g/mol. The monoisotopic (exact) mass is 340 g/mol. The lowest BCUT2D eigenvalue weighted by Gasteiger charge is -2.25. The molecule has 0 saturated heterocycles. The van der Waals surface area contributed by atoms with Crippen LogP contribution in [-0.2, 0) is 4.43 Å². The van der Waals surface area contributed by atoms with E-state index in [1.54, 1.807) is 0 Å². The van der Waals surface area contributed by atoms with Crippen molar-refractivity contribution in [1.82, 2.24) is 0 Å². The highest BCUT2D eigenvalue weighted by Gasteiger charge is 2.28. The van der Waals surface area contributed by atoms with Crippen LogP contribution in [0.2, 0.25) is 13.1 Å². The zero-order chi connectivity index (χ0) is 17.2. The maximum atomic E-state index is 6.00. The minimum absolute atomic E-state index is 1.31. The first kappa shape index (κ1) is 14.9. The maximum absolute atomic E-state index is 6.00. The van der Waals surface area contributed by atoms with Gasteiger partial charge in [-0.2, -0.15) is 0 Å². The van der Waals surface area contributed by atoms with Crippen molar-refractivity contribution < 1.29 is 4.43 Å². The Hall–Kier alpha value is -2.42. The summed E-state index contributed by atoms with van der Waals surface area (Å²) in [6, 6.07) is 24.5. The number of hydrogen-bond donors (Lipinski definition) is 0. The fourth-order valence-electron chi connectivity index (χ4n) is 4.27. The molecule has 0 aliphatic heterocycles.